The third-order valence-corrected chi connectivity index (χ3v) is 4.18. The van der Waals surface area contributed by atoms with Crippen molar-refractivity contribution in [3.05, 3.63) is 0 Å². The van der Waals surface area contributed by atoms with E-state index in [9.17, 15) is 4.79 Å². The molecule has 0 spiro atoms. The molecule has 1 atom stereocenters. The maximum atomic E-state index is 12.2. The fourth-order valence-electron chi connectivity index (χ4n) is 3.07. The number of hydrogen-bond donors (Lipinski definition) is 0. The van der Waals surface area contributed by atoms with Gasteiger partial charge in [-0.1, -0.05) is 51.9 Å². The van der Waals surface area contributed by atoms with E-state index in [1.807, 2.05) is 0 Å². The van der Waals surface area contributed by atoms with Crippen LogP contribution in [-0.4, -0.2) is 19.0 Å². The molecule has 1 saturated carbocycles. The van der Waals surface area contributed by atoms with E-state index < -0.39 is 0 Å². The Labute approximate surface area is 112 Å². The van der Waals surface area contributed by atoms with Crippen molar-refractivity contribution in [2.45, 2.75) is 83.7 Å². The molecule has 0 N–H and O–H groups in total. The molecule has 0 radical (unpaired) electrons. The molecular formula is C16H30O2. The number of rotatable bonds is 9. The molecule has 106 valence electrons. The SMILES string of the molecule is CCCCCCCC(=O)C(OC)C1CCCCC1. The summed E-state index contributed by atoms with van der Waals surface area (Å²) in [5.41, 5.74) is 0. The molecule has 1 fully saturated rings. The molecule has 0 aromatic rings. The molecular weight excluding hydrogens is 224 g/mol. The van der Waals surface area contributed by atoms with Gasteiger partial charge in [0.05, 0.1) is 0 Å². The average molecular weight is 254 g/mol. The van der Waals surface area contributed by atoms with Crippen molar-refractivity contribution in [2.24, 2.45) is 5.92 Å². The lowest BCUT2D eigenvalue weighted by molar-refractivity contribution is -0.132. The highest BCUT2D eigenvalue weighted by Crippen LogP contribution is 2.29. The second-order valence-electron chi connectivity index (χ2n) is 5.68. The van der Waals surface area contributed by atoms with Crippen molar-refractivity contribution in [3.8, 4) is 0 Å². The van der Waals surface area contributed by atoms with Crippen LogP contribution in [0.4, 0.5) is 0 Å². The van der Waals surface area contributed by atoms with Crippen LogP contribution in [0.5, 0.6) is 0 Å². The lowest BCUT2D eigenvalue weighted by atomic mass is 9.83. The normalized spacial score (nSPS) is 18.8. The summed E-state index contributed by atoms with van der Waals surface area (Å²) < 4.78 is 5.48. The summed E-state index contributed by atoms with van der Waals surface area (Å²) in [5.74, 6) is 0.841. The minimum absolute atomic E-state index is 0.114. The molecule has 0 heterocycles. The summed E-state index contributed by atoms with van der Waals surface area (Å²) in [4.78, 5) is 12.2. The van der Waals surface area contributed by atoms with Crippen molar-refractivity contribution < 1.29 is 9.53 Å². The summed E-state index contributed by atoms with van der Waals surface area (Å²) >= 11 is 0. The van der Waals surface area contributed by atoms with E-state index >= 15 is 0 Å². The van der Waals surface area contributed by atoms with Crippen molar-refractivity contribution in [2.75, 3.05) is 7.11 Å². The van der Waals surface area contributed by atoms with Gasteiger partial charge < -0.3 is 4.74 Å². The van der Waals surface area contributed by atoms with Crippen molar-refractivity contribution in [3.63, 3.8) is 0 Å². The molecule has 18 heavy (non-hydrogen) atoms. The Kier molecular flexibility index (Phi) is 8.32. The highest BCUT2D eigenvalue weighted by molar-refractivity contribution is 5.83. The minimum atomic E-state index is -0.114. The second-order valence-corrected chi connectivity index (χ2v) is 5.68. The molecule has 1 aliphatic carbocycles. The number of Topliss-reactive ketones (excluding diaryl/α,β-unsaturated/α-hetero) is 1. The Morgan fingerprint density at radius 2 is 1.78 bits per heavy atom. The van der Waals surface area contributed by atoms with Crippen LogP contribution in [0, 0.1) is 5.92 Å². The lowest BCUT2D eigenvalue weighted by Crippen LogP contribution is -2.32. The molecule has 0 bridgehead atoms. The molecule has 1 rings (SSSR count). The Morgan fingerprint density at radius 1 is 1.11 bits per heavy atom. The Morgan fingerprint density at radius 3 is 2.39 bits per heavy atom. The van der Waals surface area contributed by atoms with Gasteiger partial charge in [-0.3, -0.25) is 4.79 Å². The smallest absolute Gasteiger partial charge is 0.161 e. The number of ether oxygens (including phenoxy) is 1. The largest absolute Gasteiger partial charge is 0.373 e. The van der Waals surface area contributed by atoms with Gasteiger partial charge in [-0.25, -0.2) is 0 Å². The van der Waals surface area contributed by atoms with E-state index in [2.05, 4.69) is 6.92 Å². The Balaban J connectivity index is 2.23. The number of methoxy groups -OCH3 is 1. The molecule has 0 aromatic carbocycles. The standard InChI is InChI=1S/C16H30O2/c1-3-4-5-6-10-13-15(17)16(18-2)14-11-8-7-9-12-14/h14,16H,3-13H2,1-2H3. The van der Waals surface area contributed by atoms with Gasteiger partial charge in [0.25, 0.3) is 0 Å². The monoisotopic (exact) mass is 254 g/mol. The molecule has 0 saturated heterocycles. The van der Waals surface area contributed by atoms with Gasteiger partial charge in [0, 0.05) is 13.5 Å². The minimum Gasteiger partial charge on any atom is -0.373 e. The topological polar surface area (TPSA) is 26.3 Å². The van der Waals surface area contributed by atoms with E-state index in [1.54, 1.807) is 7.11 Å². The van der Waals surface area contributed by atoms with Gasteiger partial charge in [0.2, 0.25) is 0 Å². The average Bonchev–Trinajstić information content (AvgIpc) is 2.40. The summed E-state index contributed by atoms with van der Waals surface area (Å²) in [6, 6.07) is 0. The van der Waals surface area contributed by atoms with Crippen LogP contribution in [0.15, 0.2) is 0 Å². The van der Waals surface area contributed by atoms with Gasteiger partial charge in [-0.15, -0.1) is 0 Å². The molecule has 0 aliphatic heterocycles. The number of ketones is 1. The van der Waals surface area contributed by atoms with E-state index in [0.29, 0.717) is 11.7 Å². The van der Waals surface area contributed by atoms with E-state index in [4.69, 9.17) is 4.74 Å². The number of carbonyl (C=O) groups excluding carboxylic acids is 1. The van der Waals surface area contributed by atoms with Crippen LogP contribution < -0.4 is 0 Å². The van der Waals surface area contributed by atoms with Crippen molar-refractivity contribution >= 4 is 5.78 Å². The Bertz CT molecular complexity index is 219. The number of unbranched alkanes of at least 4 members (excludes halogenated alkanes) is 4. The van der Waals surface area contributed by atoms with Gasteiger partial charge in [-0.05, 0) is 25.2 Å². The third kappa shape index (κ3) is 5.51. The van der Waals surface area contributed by atoms with Gasteiger partial charge in [-0.2, -0.15) is 0 Å². The first kappa shape index (κ1) is 15.7. The highest BCUT2D eigenvalue weighted by atomic mass is 16.5. The first-order chi connectivity index (χ1) is 8.79. The van der Waals surface area contributed by atoms with Gasteiger partial charge in [0.1, 0.15) is 6.10 Å². The first-order valence-electron chi connectivity index (χ1n) is 7.85. The molecule has 1 unspecified atom stereocenters. The van der Waals surface area contributed by atoms with E-state index in [0.717, 1.165) is 12.8 Å². The third-order valence-electron chi connectivity index (χ3n) is 4.18. The molecule has 2 nitrogen and oxygen atoms in total. The summed E-state index contributed by atoms with van der Waals surface area (Å²) in [5, 5.41) is 0. The summed E-state index contributed by atoms with van der Waals surface area (Å²) in [7, 11) is 1.70. The lowest BCUT2D eigenvalue weighted by Gasteiger charge is -2.28. The molecule has 0 amide bonds. The van der Waals surface area contributed by atoms with Gasteiger partial charge >= 0.3 is 0 Å². The fraction of sp³-hybridized carbons (Fsp3) is 0.938. The van der Waals surface area contributed by atoms with E-state index in [-0.39, 0.29) is 6.10 Å². The first-order valence-corrected chi connectivity index (χ1v) is 7.85. The summed E-state index contributed by atoms with van der Waals surface area (Å²) in [6.45, 7) is 2.22. The van der Waals surface area contributed by atoms with Crippen LogP contribution >= 0.6 is 0 Å². The van der Waals surface area contributed by atoms with Gasteiger partial charge in [0.15, 0.2) is 5.78 Å². The van der Waals surface area contributed by atoms with E-state index in [1.165, 1.54) is 57.8 Å². The molecule has 0 aromatic heterocycles. The second kappa shape index (κ2) is 9.55. The predicted octanol–water partition coefficient (Wildman–Crippen LogP) is 4.51. The predicted molar refractivity (Wildman–Crippen MR) is 75.8 cm³/mol. The zero-order valence-corrected chi connectivity index (χ0v) is 12.2. The Hall–Kier alpha value is -0.370. The quantitative estimate of drug-likeness (QED) is 0.566. The highest BCUT2D eigenvalue weighted by Gasteiger charge is 2.28. The zero-order chi connectivity index (χ0) is 13.2. The van der Waals surface area contributed by atoms with Crippen molar-refractivity contribution in [1.29, 1.82) is 0 Å². The van der Waals surface area contributed by atoms with Crippen molar-refractivity contribution in [1.82, 2.24) is 0 Å². The zero-order valence-electron chi connectivity index (χ0n) is 12.2. The van der Waals surface area contributed by atoms with Crippen LogP contribution in [0.25, 0.3) is 0 Å². The van der Waals surface area contributed by atoms with Crippen LogP contribution in [-0.2, 0) is 9.53 Å². The summed E-state index contributed by atoms with van der Waals surface area (Å²) in [6.07, 6.45) is 12.9. The number of carbonyl (C=O) groups is 1. The fourth-order valence-corrected chi connectivity index (χ4v) is 3.07. The maximum Gasteiger partial charge on any atom is 0.161 e. The van der Waals surface area contributed by atoms with Crippen LogP contribution in [0.3, 0.4) is 0 Å². The molecule has 1 aliphatic rings. The molecule has 2 heteroatoms. The van der Waals surface area contributed by atoms with Crippen LogP contribution in [0.1, 0.15) is 77.6 Å². The maximum absolute atomic E-state index is 12.2. The number of hydrogen-bond acceptors (Lipinski definition) is 2. The van der Waals surface area contributed by atoms with Crippen LogP contribution in [0.2, 0.25) is 0 Å².